The maximum Gasteiger partial charge on any atom is 0.328 e. The number of hydrogen-bond acceptors (Lipinski definition) is 6. The molecule has 1 aromatic heterocycles. The molecule has 1 saturated heterocycles. The minimum absolute atomic E-state index is 0.202. The van der Waals surface area contributed by atoms with Crippen LogP contribution in [0, 0.1) is 0 Å². The van der Waals surface area contributed by atoms with Crippen LogP contribution in [-0.2, 0) is 14.3 Å². The highest BCUT2D eigenvalue weighted by Gasteiger charge is 2.40. The summed E-state index contributed by atoms with van der Waals surface area (Å²) in [6.45, 7) is 0.336. The summed E-state index contributed by atoms with van der Waals surface area (Å²) >= 11 is 0. The minimum atomic E-state index is -0.658. The van der Waals surface area contributed by atoms with E-state index in [-0.39, 0.29) is 12.0 Å². The highest BCUT2D eigenvalue weighted by Crippen LogP contribution is 2.30. The van der Waals surface area contributed by atoms with E-state index in [9.17, 15) is 9.59 Å². The molecular weight excluding hydrogens is 360 g/mol. The molecule has 0 radical (unpaired) electrons. The van der Waals surface area contributed by atoms with E-state index in [1.165, 1.54) is 12.0 Å². The Kier molecular flexibility index (Phi) is 4.83. The van der Waals surface area contributed by atoms with Gasteiger partial charge in [-0.15, -0.1) is 0 Å². The van der Waals surface area contributed by atoms with Crippen molar-refractivity contribution in [1.29, 1.82) is 0 Å². The molecule has 2 atom stereocenters. The Labute approximate surface area is 161 Å². The van der Waals surface area contributed by atoms with Crippen LogP contribution in [0.3, 0.4) is 0 Å². The molecule has 0 bridgehead atoms. The molecule has 7 heteroatoms. The largest absolute Gasteiger partial charge is 0.467 e. The second-order valence-corrected chi connectivity index (χ2v) is 6.70. The van der Waals surface area contributed by atoms with Crippen LogP contribution in [0.15, 0.2) is 53.1 Å². The number of aromatic nitrogens is 1. The molecule has 0 saturated carbocycles. The number of methoxy groups -OCH3 is 2. The van der Waals surface area contributed by atoms with Gasteiger partial charge in [-0.25, -0.2) is 4.79 Å². The molecule has 1 fully saturated rings. The van der Waals surface area contributed by atoms with Gasteiger partial charge in [0.1, 0.15) is 11.6 Å². The Morgan fingerprint density at radius 1 is 1.14 bits per heavy atom. The van der Waals surface area contributed by atoms with Gasteiger partial charge in [-0.1, -0.05) is 35.5 Å². The number of carbonyl (C=O) groups is 2. The van der Waals surface area contributed by atoms with E-state index in [1.54, 1.807) is 25.3 Å². The second kappa shape index (κ2) is 7.44. The number of likely N-dealkylation sites (tertiary alicyclic amines) is 1. The van der Waals surface area contributed by atoms with Crippen molar-refractivity contribution < 1.29 is 23.6 Å². The lowest BCUT2D eigenvalue weighted by Crippen LogP contribution is -2.41. The lowest BCUT2D eigenvalue weighted by atomic mass is 10.1. The lowest BCUT2D eigenvalue weighted by molar-refractivity contribution is -0.145. The number of ether oxygens (including phenoxy) is 2. The topological polar surface area (TPSA) is 81.9 Å². The fourth-order valence-electron chi connectivity index (χ4n) is 3.59. The molecule has 1 amide bonds. The maximum absolute atomic E-state index is 13.2. The molecule has 0 aliphatic carbocycles. The van der Waals surface area contributed by atoms with E-state index in [0.29, 0.717) is 29.8 Å². The molecule has 28 heavy (non-hydrogen) atoms. The van der Waals surface area contributed by atoms with E-state index in [1.807, 2.05) is 30.3 Å². The van der Waals surface area contributed by atoms with Gasteiger partial charge in [0.25, 0.3) is 5.91 Å². The SMILES string of the molecule is COC(=O)C1CC(OC)CN1C(=O)c1ccc2noc(-c3ccccc3)c2c1. The summed E-state index contributed by atoms with van der Waals surface area (Å²) < 4.78 is 15.7. The summed E-state index contributed by atoms with van der Waals surface area (Å²) in [5, 5.41) is 4.83. The Morgan fingerprint density at radius 3 is 2.64 bits per heavy atom. The smallest absolute Gasteiger partial charge is 0.328 e. The van der Waals surface area contributed by atoms with Gasteiger partial charge < -0.3 is 18.9 Å². The fraction of sp³-hybridized carbons (Fsp3) is 0.286. The molecule has 7 nitrogen and oxygen atoms in total. The molecular formula is C21H20N2O5. The van der Waals surface area contributed by atoms with Crippen LogP contribution in [0.1, 0.15) is 16.8 Å². The molecule has 3 aromatic rings. The van der Waals surface area contributed by atoms with E-state index in [4.69, 9.17) is 14.0 Å². The van der Waals surface area contributed by atoms with Crippen LogP contribution in [0.5, 0.6) is 0 Å². The number of rotatable bonds is 4. The summed E-state index contributed by atoms with van der Waals surface area (Å²) in [7, 11) is 2.89. The van der Waals surface area contributed by atoms with Crippen LogP contribution < -0.4 is 0 Å². The van der Waals surface area contributed by atoms with Gasteiger partial charge in [0.05, 0.1) is 18.6 Å². The summed E-state index contributed by atoms with van der Waals surface area (Å²) in [6.07, 6.45) is 0.215. The molecule has 2 aromatic carbocycles. The monoisotopic (exact) mass is 380 g/mol. The third-order valence-corrected chi connectivity index (χ3v) is 5.09. The number of nitrogens with zero attached hydrogens (tertiary/aromatic N) is 2. The molecule has 2 unspecified atom stereocenters. The van der Waals surface area contributed by atoms with Crippen LogP contribution in [-0.4, -0.2) is 54.8 Å². The molecule has 0 N–H and O–H groups in total. The van der Waals surface area contributed by atoms with Crippen LogP contribution >= 0.6 is 0 Å². The number of amides is 1. The van der Waals surface area contributed by atoms with Crippen molar-refractivity contribution in [3.8, 4) is 11.3 Å². The Bertz CT molecular complexity index is 1010. The van der Waals surface area contributed by atoms with Crippen LogP contribution in [0.25, 0.3) is 22.2 Å². The predicted octanol–water partition coefficient (Wildman–Crippen LogP) is 2.90. The zero-order valence-electron chi connectivity index (χ0n) is 15.6. The number of carbonyl (C=O) groups excluding carboxylic acids is 2. The highest BCUT2D eigenvalue weighted by atomic mass is 16.5. The van der Waals surface area contributed by atoms with Crippen molar-refractivity contribution >= 4 is 22.8 Å². The summed E-state index contributed by atoms with van der Waals surface area (Å²) in [6, 6.07) is 14.1. The van der Waals surface area contributed by atoms with Crippen molar-refractivity contribution in [3.05, 3.63) is 54.1 Å². The van der Waals surface area contributed by atoms with Gasteiger partial charge >= 0.3 is 5.97 Å². The van der Waals surface area contributed by atoms with Crippen molar-refractivity contribution in [2.75, 3.05) is 20.8 Å². The highest BCUT2D eigenvalue weighted by molar-refractivity contribution is 6.02. The van der Waals surface area contributed by atoms with Gasteiger partial charge in [-0.3, -0.25) is 4.79 Å². The Hall–Kier alpha value is -3.19. The zero-order chi connectivity index (χ0) is 19.7. The van der Waals surface area contributed by atoms with E-state index in [0.717, 1.165) is 10.9 Å². The molecule has 0 spiro atoms. The van der Waals surface area contributed by atoms with E-state index < -0.39 is 12.0 Å². The number of benzene rings is 2. The molecule has 2 heterocycles. The normalized spacial score (nSPS) is 19.1. The third-order valence-electron chi connectivity index (χ3n) is 5.09. The van der Waals surface area contributed by atoms with Crippen molar-refractivity contribution in [2.45, 2.75) is 18.6 Å². The first kappa shape index (κ1) is 18.2. The number of hydrogen-bond donors (Lipinski definition) is 0. The Balaban J connectivity index is 1.70. The van der Waals surface area contributed by atoms with Crippen molar-refractivity contribution in [1.82, 2.24) is 10.1 Å². The fourth-order valence-corrected chi connectivity index (χ4v) is 3.59. The van der Waals surface area contributed by atoms with Crippen molar-refractivity contribution in [2.24, 2.45) is 0 Å². The number of fused-ring (bicyclic) bond motifs is 1. The van der Waals surface area contributed by atoms with Gasteiger partial charge in [0, 0.05) is 31.2 Å². The standard InChI is InChI=1S/C21H20N2O5/c1-26-15-11-18(21(25)27-2)23(12-15)20(24)14-8-9-17-16(10-14)19(28-22-17)13-6-4-3-5-7-13/h3-10,15,18H,11-12H2,1-2H3. The third kappa shape index (κ3) is 3.14. The van der Waals surface area contributed by atoms with Gasteiger partial charge in [0.2, 0.25) is 0 Å². The van der Waals surface area contributed by atoms with Gasteiger partial charge in [-0.05, 0) is 18.2 Å². The summed E-state index contributed by atoms with van der Waals surface area (Å²) in [5.74, 6) is -0.0908. The lowest BCUT2D eigenvalue weighted by Gasteiger charge is -2.22. The first-order valence-corrected chi connectivity index (χ1v) is 8.99. The molecule has 144 valence electrons. The Morgan fingerprint density at radius 2 is 1.93 bits per heavy atom. The van der Waals surface area contributed by atoms with Crippen molar-refractivity contribution in [3.63, 3.8) is 0 Å². The van der Waals surface area contributed by atoms with Gasteiger partial charge in [-0.2, -0.15) is 0 Å². The van der Waals surface area contributed by atoms with E-state index >= 15 is 0 Å². The predicted molar refractivity (Wildman–Crippen MR) is 102 cm³/mol. The van der Waals surface area contributed by atoms with Gasteiger partial charge in [0.15, 0.2) is 5.76 Å². The first-order chi connectivity index (χ1) is 13.6. The minimum Gasteiger partial charge on any atom is -0.467 e. The first-order valence-electron chi connectivity index (χ1n) is 8.99. The second-order valence-electron chi connectivity index (χ2n) is 6.70. The van der Waals surface area contributed by atoms with Crippen LogP contribution in [0.4, 0.5) is 0 Å². The van der Waals surface area contributed by atoms with Crippen LogP contribution in [0.2, 0.25) is 0 Å². The zero-order valence-corrected chi connectivity index (χ0v) is 15.6. The molecule has 1 aliphatic heterocycles. The molecule has 4 rings (SSSR count). The average Bonchev–Trinajstić information content (AvgIpc) is 3.37. The average molecular weight is 380 g/mol. The molecule has 1 aliphatic rings. The van der Waals surface area contributed by atoms with E-state index in [2.05, 4.69) is 5.16 Å². The summed E-state index contributed by atoms with van der Waals surface area (Å²) in [4.78, 5) is 26.8. The number of esters is 1. The quantitative estimate of drug-likeness (QED) is 0.648. The maximum atomic E-state index is 13.2. The summed E-state index contributed by atoms with van der Waals surface area (Å²) in [5.41, 5.74) is 2.00.